The lowest BCUT2D eigenvalue weighted by Gasteiger charge is -1.95. The summed E-state index contributed by atoms with van der Waals surface area (Å²) in [6.07, 6.45) is 0.327. The molecular formula is C9H16N2O6. The fraction of sp³-hybridized carbons (Fsp3) is 0.556. The lowest BCUT2D eigenvalue weighted by atomic mass is 10.4. The number of carboxylic acid groups (broad SMARTS) is 2. The molecule has 0 aromatic heterocycles. The molecule has 0 bridgehead atoms. The third kappa shape index (κ3) is 20.1. The van der Waals surface area contributed by atoms with Crippen LogP contribution in [-0.2, 0) is 19.2 Å². The molecule has 0 aliphatic heterocycles. The summed E-state index contributed by atoms with van der Waals surface area (Å²) in [5.41, 5.74) is 0. The van der Waals surface area contributed by atoms with Crippen LogP contribution in [0.4, 0.5) is 0 Å². The summed E-state index contributed by atoms with van der Waals surface area (Å²) in [5.74, 6) is -2.61. The molecule has 0 radical (unpaired) electrons. The van der Waals surface area contributed by atoms with Crippen molar-refractivity contribution in [1.29, 1.82) is 0 Å². The van der Waals surface area contributed by atoms with Gasteiger partial charge in [-0.25, -0.2) is 0 Å². The van der Waals surface area contributed by atoms with Crippen LogP contribution in [0.25, 0.3) is 0 Å². The summed E-state index contributed by atoms with van der Waals surface area (Å²) in [7, 11) is 0. The van der Waals surface area contributed by atoms with Crippen LogP contribution >= 0.6 is 0 Å². The third-order valence-electron chi connectivity index (χ3n) is 1.25. The highest BCUT2D eigenvalue weighted by molar-refractivity contribution is 5.80. The Balaban J connectivity index is 0. The number of carbonyl (C=O) groups excluding carboxylic acids is 2. The molecule has 17 heavy (non-hydrogen) atoms. The minimum atomic E-state index is -1.03. The van der Waals surface area contributed by atoms with E-state index in [1.807, 2.05) is 0 Å². The molecule has 0 aromatic rings. The van der Waals surface area contributed by atoms with Gasteiger partial charge in [0.2, 0.25) is 11.8 Å². The van der Waals surface area contributed by atoms with E-state index in [2.05, 4.69) is 10.6 Å². The van der Waals surface area contributed by atoms with Gasteiger partial charge < -0.3 is 20.8 Å². The second kappa shape index (κ2) is 10.4. The van der Waals surface area contributed by atoms with Gasteiger partial charge in [-0.15, -0.1) is 0 Å². The minimum absolute atomic E-state index is 0.239. The summed E-state index contributed by atoms with van der Waals surface area (Å²) < 4.78 is 0. The molecule has 98 valence electrons. The summed E-state index contributed by atoms with van der Waals surface area (Å²) in [4.78, 5) is 39.8. The molecule has 8 nitrogen and oxygen atoms in total. The Labute approximate surface area is 98.0 Å². The van der Waals surface area contributed by atoms with E-state index in [0.717, 1.165) is 0 Å². The molecule has 0 saturated heterocycles. The molecule has 0 aliphatic carbocycles. The Kier molecular flexibility index (Phi) is 10.6. The van der Waals surface area contributed by atoms with Gasteiger partial charge in [0.1, 0.15) is 13.1 Å². The van der Waals surface area contributed by atoms with Crippen molar-refractivity contribution >= 4 is 23.8 Å². The van der Waals surface area contributed by atoms with Crippen molar-refractivity contribution in [3.8, 4) is 0 Å². The molecule has 0 aromatic carbocycles. The van der Waals surface area contributed by atoms with Crippen LogP contribution < -0.4 is 10.6 Å². The summed E-state index contributed by atoms with van der Waals surface area (Å²) in [6.45, 7) is 2.35. The number of rotatable bonds is 5. The maximum atomic E-state index is 10.3. The summed E-state index contributed by atoms with van der Waals surface area (Å²) in [5, 5.41) is 20.3. The normalized spacial score (nSPS) is 8.35. The van der Waals surface area contributed by atoms with Crippen LogP contribution in [0.3, 0.4) is 0 Å². The quantitative estimate of drug-likeness (QED) is 0.483. The van der Waals surface area contributed by atoms with Gasteiger partial charge in [-0.3, -0.25) is 19.2 Å². The van der Waals surface area contributed by atoms with Gasteiger partial charge in [0.25, 0.3) is 0 Å². The zero-order chi connectivity index (χ0) is 13.8. The number of amides is 2. The van der Waals surface area contributed by atoms with Crippen LogP contribution in [0.15, 0.2) is 0 Å². The smallest absolute Gasteiger partial charge is 0.322 e. The first-order chi connectivity index (χ1) is 7.79. The molecule has 0 spiro atoms. The monoisotopic (exact) mass is 248 g/mol. The first-order valence-electron chi connectivity index (χ1n) is 4.74. The van der Waals surface area contributed by atoms with Crippen LogP contribution in [-0.4, -0.2) is 47.1 Å². The molecule has 4 N–H and O–H groups in total. The molecule has 0 unspecified atom stereocenters. The lowest BCUT2D eigenvalue weighted by Crippen LogP contribution is -2.28. The summed E-state index contributed by atoms with van der Waals surface area (Å²) >= 11 is 0. The molecular weight excluding hydrogens is 232 g/mol. The number of hydrogen-bond acceptors (Lipinski definition) is 4. The van der Waals surface area contributed by atoms with E-state index in [9.17, 15) is 19.2 Å². The SMILES string of the molecule is CC(=O)NCC(=O)O.CCC(=O)NCC(=O)O. The lowest BCUT2D eigenvalue weighted by molar-refractivity contribution is -0.138. The van der Waals surface area contributed by atoms with Crippen LogP contribution in [0.5, 0.6) is 0 Å². The number of carbonyl (C=O) groups is 4. The predicted molar refractivity (Wildman–Crippen MR) is 57.3 cm³/mol. The van der Waals surface area contributed by atoms with Crippen molar-refractivity contribution in [2.75, 3.05) is 13.1 Å². The van der Waals surface area contributed by atoms with Crippen LogP contribution in [0, 0.1) is 0 Å². The van der Waals surface area contributed by atoms with Crippen molar-refractivity contribution in [3.63, 3.8) is 0 Å². The standard InChI is InChI=1S/C5H9NO3.C4H7NO3/c1-2-4(7)6-3-5(8)9;1-3(6)5-2-4(7)8/h2-3H2,1H3,(H,6,7)(H,8,9);2H2,1H3,(H,5,6)(H,7,8). The maximum absolute atomic E-state index is 10.3. The van der Waals surface area contributed by atoms with Gasteiger partial charge >= 0.3 is 11.9 Å². The first kappa shape index (κ1) is 17.3. The van der Waals surface area contributed by atoms with E-state index in [4.69, 9.17) is 10.2 Å². The van der Waals surface area contributed by atoms with Crippen molar-refractivity contribution in [3.05, 3.63) is 0 Å². The zero-order valence-corrected chi connectivity index (χ0v) is 9.65. The Morgan fingerprint density at radius 1 is 0.941 bits per heavy atom. The van der Waals surface area contributed by atoms with E-state index in [1.54, 1.807) is 6.92 Å². The molecule has 2 amide bonds. The van der Waals surface area contributed by atoms with Gasteiger partial charge in [-0.1, -0.05) is 6.92 Å². The molecule has 0 saturated carbocycles. The first-order valence-corrected chi connectivity index (χ1v) is 4.74. The van der Waals surface area contributed by atoms with E-state index in [0.29, 0.717) is 6.42 Å². The van der Waals surface area contributed by atoms with E-state index in [-0.39, 0.29) is 24.9 Å². The molecule has 0 heterocycles. The Morgan fingerprint density at radius 2 is 1.35 bits per heavy atom. The third-order valence-corrected chi connectivity index (χ3v) is 1.25. The maximum Gasteiger partial charge on any atom is 0.322 e. The Morgan fingerprint density at radius 3 is 1.59 bits per heavy atom. The summed E-state index contributed by atoms with van der Waals surface area (Å²) in [6, 6.07) is 0. The number of aliphatic carboxylic acids is 2. The fourth-order valence-electron chi connectivity index (χ4n) is 0.499. The van der Waals surface area contributed by atoms with E-state index in [1.165, 1.54) is 6.92 Å². The average Bonchev–Trinajstić information content (AvgIpc) is 2.23. The van der Waals surface area contributed by atoms with Gasteiger partial charge in [0.15, 0.2) is 0 Å². The van der Waals surface area contributed by atoms with Crippen LogP contribution in [0.1, 0.15) is 20.3 Å². The van der Waals surface area contributed by atoms with E-state index < -0.39 is 11.9 Å². The molecule has 0 rings (SSSR count). The van der Waals surface area contributed by atoms with Crippen molar-refractivity contribution in [2.24, 2.45) is 0 Å². The fourth-order valence-corrected chi connectivity index (χ4v) is 0.499. The van der Waals surface area contributed by atoms with Gasteiger partial charge in [0.05, 0.1) is 0 Å². The highest BCUT2D eigenvalue weighted by atomic mass is 16.4. The van der Waals surface area contributed by atoms with Crippen LogP contribution in [0.2, 0.25) is 0 Å². The number of hydrogen-bond donors (Lipinski definition) is 4. The van der Waals surface area contributed by atoms with E-state index >= 15 is 0 Å². The predicted octanol–water partition coefficient (Wildman–Crippen LogP) is -1.20. The number of carboxylic acids is 2. The van der Waals surface area contributed by atoms with Crippen molar-refractivity contribution in [2.45, 2.75) is 20.3 Å². The zero-order valence-electron chi connectivity index (χ0n) is 9.65. The minimum Gasteiger partial charge on any atom is -0.480 e. The van der Waals surface area contributed by atoms with Gasteiger partial charge in [-0.05, 0) is 0 Å². The second-order valence-corrected chi connectivity index (χ2v) is 2.83. The molecule has 8 heteroatoms. The largest absolute Gasteiger partial charge is 0.480 e. The van der Waals surface area contributed by atoms with Gasteiger partial charge in [0, 0.05) is 13.3 Å². The Bertz CT molecular complexity index is 275. The number of nitrogens with one attached hydrogen (secondary N) is 2. The second-order valence-electron chi connectivity index (χ2n) is 2.83. The van der Waals surface area contributed by atoms with Gasteiger partial charge in [-0.2, -0.15) is 0 Å². The molecule has 0 aliphatic rings. The molecule has 0 atom stereocenters. The van der Waals surface area contributed by atoms with Crippen molar-refractivity contribution < 1.29 is 29.4 Å². The highest BCUT2D eigenvalue weighted by Gasteiger charge is 1.98. The highest BCUT2D eigenvalue weighted by Crippen LogP contribution is 1.72. The van der Waals surface area contributed by atoms with Crippen molar-refractivity contribution in [1.82, 2.24) is 10.6 Å². The average molecular weight is 248 g/mol. The topological polar surface area (TPSA) is 133 Å². The Hall–Kier alpha value is -2.12. The molecule has 0 fully saturated rings.